The number of hydrogen-bond donors (Lipinski definition) is 1. The van der Waals surface area contributed by atoms with Crippen molar-refractivity contribution >= 4 is 32.6 Å². The number of aliphatic hydroxyl groups is 1. The fourth-order valence-electron chi connectivity index (χ4n) is 4.34. The summed E-state index contributed by atoms with van der Waals surface area (Å²) in [4.78, 5) is 5.03. The molecule has 0 saturated heterocycles. The molecule has 2 heterocycles. The van der Waals surface area contributed by atoms with Crippen LogP contribution in [0, 0.1) is 0 Å². The maximum atomic E-state index is 10.8. The van der Waals surface area contributed by atoms with Crippen LogP contribution < -0.4 is 0 Å². The van der Waals surface area contributed by atoms with Crippen LogP contribution in [0.2, 0.25) is 0 Å². The first-order chi connectivity index (χ1) is 14.0. The molecule has 0 atom stereocenters. The van der Waals surface area contributed by atoms with Gasteiger partial charge < -0.3 is 9.67 Å². The summed E-state index contributed by atoms with van der Waals surface area (Å²) in [6, 6.07) is 25.3. The zero-order valence-corrected chi connectivity index (χ0v) is 17.0. The molecule has 5 aromatic rings. The van der Waals surface area contributed by atoms with E-state index in [0.29, 0.717) is 5.69 Å². The van der Waals surface area contributed by atoms with E-state index in [-0.39, 0.29) is 0 Å². The highest BCUT2D eigenvalue weighted by Crippen LogP contribution is 2.39. The Hall–Kier alpha value is -3.17. The molecule has 0 aliphatic heterocycles. The highest BCUT2D eigenvalue weighted by atomic mass is 16.3. The van der Waals surface area contributed by atoms with Crippen LogP contribution in [0.15, 0.2) is 72.8 Å². The second-order valence-corrected chi connectivity index (χ2v) is 8.10. The first kappa shape index (κ1) is 17.9. The van der Waals surface area contributed by atoms with E-state index in [4.69, 9.17) is 4.98 Å². The molecule has 0 spiro atoms. The van der Waals surface area contributed by atoms with E-state index in [2.05, 4.69) is 84.3 Å². The molecule has 0 unspecified atom stereocenters. The van der Waals surface area contributed by atoms with Gasteiger partial charge in [-0.3, -0.25) is 0 Å². The summed E-state index contributed by atoms with van der Waals surface area (Å²) < 4.78 is 2.34. The highest BCUT2D eigenvalue weighted by Gasteiger charge is 2.24. The van der Waals surface area contributed by atoms with Gasteiger partial charge in [0.25, 0.3) is 0 Å². The molecule has 0 amide bonds. The number of para-hydroxylation sites is 1. The number of hydrogen-bond acceptors (Lipinski definition) is 2. The van der Waals surface area contributed by atoms with Gasteiger partial charge in [0, 0.05) is 28.4 Å². The van der Waals surface area contributed by atoms with Gasteiger partial charge in [-0.05, 0) is 43.7 Å². The van der Waals surface area contributed by atoms with Crippen LogP contribution in [0.3, 0.4) is 0 Å². The third kappa shape index (κ3) is 2.73. The first-order valence-corrected chi connectivity index (χ1v) is 10.1. The number of rotatable bonds is 3. The van der Waals surface area contributed by atoms with Crippen molar-refractivity contribution in [1.29, 1.82) is 0 Å². The van der Waals surface area contributed by atoms with Crippen LogP contribution in [0.5, 0.6) is 0 Å². The van der Waals surface area contributed by atoms with Gasteiger partial charge in [0.2, 0.25) is 0 Å². The molecule has 0 aliphatic carbocycles. The highest BCUT2D eigenvalue weighted by molar-refractivity contribution is 6.14. The monoisotopic (exact) mass is 380 g/mol. The van der Waals surface area contributed by atoms with Crippen molar-refractivity contribution in [3.05, 3.63) is 78.5 Å². The lowest BCUT2D eigenvalue weighted by molar-refractivity contribution is 0.0741. The summed E-state index contributed by atoms with van der Waals surface area (Å²) in [5, 5.41) is 15.5. The number of aromatic nitrogens is 2. The van der Waals surface area contributed by atoms with Crippen LogP contribution in [0.25, 0.3) is 43.8 Å². The predicted molar refractivity (Wildman–Crippen MR) is 121 cm³/mol. The van der Waals surface area contributed by atoms with Crippen LogP contribution in [-0.4, -0.2) is 14.7 Å². The third-order valence-corrected chi connectivity index (χ3v) is 5.74. The minimum absolute atomic E-state index is 0.687. The Labute approximate surface area is 170 Å². The summed E-state index contributed by atoms with van der Waals surface area (Å²) in [6.45, 7) is 6.62. The fraction of sp³-hybridized carbons (Fsp3) is 0.192. The maximum Gasteiger partial charge on any atom is 0.101 e. The van der Waals surface area contributed by atoms with E-state index >= 15 is 0 Å². The molecule has 0 saturated carbocycles. The first-order valence-electron chi connectivity index (χ1n) is 10.1. The van der Waals surface area contributed by atoms with Crippen molar-refractivity contribution in [3.8, 4) is 11.3 Å². The molecule has 3 aromatic carbocycles. The minimum Gasteiger partial charge on any atom is -0.384 e. The fourth-order valence-corrected chi connectivity index (χ4v) is 4.34. The zero-order valence-electron chi connectivity index (χ0n) is 17.0. The van der Waals surface area contributed by atoms with Crippen LogP contribution in [-0.2, 0) is 12.1 Å². The molecular formula is C26H24N2O. The Morgan fingerprint density at radius 2 is 1.55 bits per heavy atom. The molecule has 144 valence electrons. The lowest BCUT2D eigenvalue weighted by atomic mass is 9.97. The summed E-state index contributed by atoms with van der Waals surface area (Å²) >= 11 is 0. The molecule has 5 rings (SSSR count). The van der Waals surface area contributed by atoms with Gasteiger partial charge in [-0.15, -0.1) is 0 Å². The SMILES string of the molecule is CCn1c2ccccc2c2cc(C(C)(C)O)nc(-c3cccc4ccccc34)c21. The van der Waals surface area contributed by atoms with E-state index in [1.807, 2.05) is 0 Å². The van der Waals surface area contributed by atoms with E-state index in [1.165, 1.54) is 21.7 Å². The van der Waals surface area contributed by atoms with E-state index in [1.54, 1.807) is 13.8 Å². The van der Waals surface area contributed by atoms with E-state index in [0.717, 1.165) is 28.7 Å². The van der Waals surface area contributed by atoms with Crippen molar-refractivity contribution < 1.29 is 5.11 Å². The number of pyridine rings is 1. The average Bonchev–Trinajstić information content (AvgIpc) is 3.06. The van der Waals surface area contributed by atoms with Gasteiger partial charge in [0.15, 0.2) is 0 Å². The standard InChI is InChI=1S/C26H24N2O/c1-4-28-22-15-8-7-13-19(22)21-16-23(26(2,3)29)27-24(25(21)28)20-14-9-11-17-10-5-6-12-18(17)20/h5-16,29H,4H2,1-3H3. The van der Waals surface area contributed by atoms with Gasteiger partial charge in [-0.2, -0.15) is 0 Å². The van der Waals surface area contributed by atoms with Gasteiger partial charge in [-0.25, -0.2) is 4.98 Å². The molecule has 3 heteroatoms. The molecule has 3 nitrogen and oxygen atoms in total. The Morgan fingerprint density at radius 3 is 2.31 bits per heavy atom. The summed E-state index contributed by atoms with van der Waals surface area (Å²) in [5.41, 5.74) is 4.00. The van der Waals surface area contributed by atoms with Crippen molar-refractivity contribution in [2.75, 3.05) is 0 Å². The summed E-state index contributed by atoms with van der Waals surface area (Å²) in [5.74, 6) is 0. The number of benzene rings is 3. The zero-order chi connectivity index (χ0) is 20.2. The normalized spacial score (nSPS) is 12.3. The topological polar surface area (TPSA) is 38.0 Å². The average molecular weight is 380 g/mol. The minimum atomic E-state index is -1.02. The van der Waals surface area contributed by atoms with E-state index in [9.17, 15) is 5.11 Å². The van der Waals surface area contributed by atoms with Crippen molar-refractivity contribution in [2.45, 2.75) is 32.9 Å². The molecular weight excluding hydrogens is 356 g/mol. The third-order valence-electron chi connectivity index (χ3n) is 5.74. The van der Waals surface area contributed by atoms with Gasteiger partial charge in [-0.1, -0.05) is 60.7 Å². The van der Waals surface area contributed by atoms with Gasteiger partial charge in [0.1, 0.15) is 5.60 Å². The lowest BCUT2D eigenvalue weighted by Crippen LogP contribution is -2.18. The Bertz CT molecular complexity index is 1370. The Kier molecular flexibility index (Phi) is 3.97. The molecule has 29 heavy (non-hydrogen) atoms. The Morgan fingerprint density at radius 1 is 0.862 bits per heavy atom. The van der Waals surface area contributed by atoms with Crippen molar-refractivity contribution in [2.24, 2.45) is 0 Å². The molecule has 2 aromatic heterocycles. The van der Waals surface area contributed by atoms with Crippen molar-refractivity contribution in [1.82, 2.24) is 9.55 Å². The number of fused-ring (bicyclic) bond motifs is 4. The number of aryl methyl sites for hydroxylation is 1. The molecule has 0 aliphatic rings. The largest absolute Gasteiger partial charge is 0.384 e. The van der Waals surface area contributed by atoms with Crippen molar-refractivity contribution in [3.63, 3.8) is 0 Å². The molecule has 1 N–H and O–H groups in total. The van der Waals surface area contributed by atoms with Crippen LogP contribution in [0.1, 0.15) is 26.5 Å². The number of nitrogens with zero attached hydrogens (tertiary/aromatic N) is 2. The van der Waals surface area contributed by atoms with Crippen LogP contribution in [0.4, 0.5) is 0 Å². The molecule has 0 bridgehead atoms. The maximum absolute atomic E-state index is 10.8. The second kappa shape index (κ2) is 6.43. The summed E-state index contributed by atoms with van der Waals surface area (Å²) in [7, 11) is 0. The molecule has 0 fully saturated rings. The smallest absolute Gasteiger partial charge is 0.101 e. The molecule has 0 radical (unpaired) electrons. The van der Waals surface area contributed by atoms with Gasteiger partial charge >= 0.3 is 0 Å². The van der Waals surface area contributed by atoms with E-state index < -0.39 is 5.60 Å². The van der Waals surface area contributed by atoms with Gasteiger partial charge in [0.05, 0.1) is 16.9 Å². The quantitative estimate of drug-likeness (QED) is 0.401. The summed E-state index contributed by atoms with van der Waals surface area (Å²) in [6.07, 6.45) is 0. The lowest BCUT2D eigenvalue weighted by Gasteiger charge is -2.19. The second-order valence-electron chi connectivity index (χ2n) is 8.10. The van der Waals surface area contributed by atoms with Crippen LogP contribution >= 0.6 is 0 Å². The Balaban J connectivity index is 2.01. The predicted octanol–water partition coefficient (Wildman–Crippen LogP) is 6.26.